The van der Waals surface area contributed by atoms with Crippen LogP contribution >= 0.6 is 0 Å². The number of rotatable bonds is 7. The van der Waals surface area contributed by atoms with Crippen molar-refractivity contribution < 1.29 is 24.2 Å². The van der Waals surface area contributed by atoms with Crippen molar-refractivity contribution in [1.82, 2.24) is 10.2 Å². The van der Waals surface area contributed by atoms with Gasteiger partial charge in [-0.1, -0.05) is 55.5 Å². The summed E-state index contributed by atoms with van der Waals surface area (Å²) in [6, 6.07) is 15.6. The summed E-state index contributed by atoms with van der Waals surface area (Å²) >= 11 is 0. The predicted octanol–water partition coefficient (Wildman–Crippen LogP) is 4.26. The first-order valence-corrected chi connectivity index (χ1v) is 12.0. The number of nitrogens with zero attached hydrogens (tertiary/aromatic N) is 1. The fourth-order valence-electron chi connectivity index (χ4n) is 5.27. The minimum absolute atomic E-state index is 0.00139. The number of fused-ring (bicyclic) bond motifs is 3. The summed E-state index contributed by atoms with van der Waals surface area (Å²) in [5.41, 5.74) is 4.59. The lowest BCUT2D eigenvalue weighted by Gasteiger charge is -2.36. The Hall–Kier alpha value is -3.35. The molecule has 180 valence electrons. The van der Waals surface area contributed by atoms with Crippen LogP contribution in [0.2, 0.25) is 0 Å². The number of likely N-dealkylation sites (tertiary alicyclic amines) is 1. The molecule has 0 saturated carbocycles. The van der Waals surface area contributed by atoms with E-state index in [1.807, 2.05) is 31.2 Å². The van der Waals surface area contributed by atoms with E-state index < -0.39 is 18.1 Å². The Bertz CT molecular complexity index is 1020. The summed E-state index contributed by atoms with van der Waals surface area (Å²) in [4.78, 5) is 38.3. The maximum absolute atomic E-state index is 13.0. The second kappa shape index (κ2) is 10.3. The van der Waals surface area contributed by atoms with Crippen LogP contribution in [-0.4, -0.2) is 53.7 Å². The molecule has 1 fully saturated rings. The fourth-order valence-corrected chi connectivity index (χ4v) is 5.27. The summed E-state index contributed by atoms with van der Waals surface area (Å²) in [6.45, 7) is 4.91. The maximum Gasteiger partial charge on any atom is 0.407 e. The molecule has 0 aromatic heterocycles. The lowest BCUT2D eigenvalue weighted by atomic mass is 9.84. The number of hydrogen-bond donors (Lipinski definition) is 2. The van der Waals surface area contributed by atoms with Gasteiger partial charge in [0.25, 0.3) is 0 Å². The van der Waals surface area contributed by atoms with Gasteiger partial charge in [-0.3, -0.25) is 9.59 Å². The van der Waals surface area contributed by atoms with Gasteiger partial charge < -0.3 is 20.1 Å². The van der Waals surface area contributed by atoms with Crippen molar-refractivity contribution >= 4 is 18.0 Å². The molecule has 2 aliphatic rings. The molecule has 34 heavy (non-hydrogen) atoms. The van der Waals surface area contributed by atoms with Crippen LogP contribution in [-0.2, 0) is 14.3 Å². The van der Waals surface area contributed by atoms with Gasteiger partial charge in [0, 0.05) is 25.4 Å². The highest BCUT2D eigenvalue weighted by atomic mass is 16.5. The minimum Gasteiger partial charge on any atom is -0.481 e. The summed E-state index contributed by atoms with van der Waals surface area (Å²) in [6.07, 6.45) is 1.22. The van der Waals surface area contributed by atoms with Gasteiger partial charge in [0.2, 0.25) is 5.91 Å². The van der Waals surface area contributed by atoms with Crippen LogP contribution in [0.5, 0.6) is 0 Å². The zero-order chi connectivity index (χ0) is 24.2. The predicted molar refractivity (Wildman–Crippen MR) is 128 cm³/mol. The first kappa shape index (κ1) is 23.8. The molecule has 1 aliphatic heterocycles. The van der Waals surface area contributed by atoms with E-state index in [4.69, 9.17) is 9.84 Å². The van der Waals surface area contributed by atoms with Gasteiger partial charge in [0.05, 0.1) is 0 Å². The van der Waals surface area contributed by atoms with Crippen LogP contribution in [0.3, 0.4) is 0 Å². The van der Waals surface area contributed by atoms with E-state index in [1.165, 1.54) is 0 Å². The Morgan fingerprint density at radius 2 is 1.68 bits per heavy atom. The van der Waals surface area contributed by atoms with Gasteiger partial charge >= 0.3 is 12.1 Å². The monoisotopic (exact) mass is 464 g/mol. The molecule has 2 aromatic carbocycles. The third-order valence-electron chi connectivity index (χ3n) is 7.12. The zero-order valence-electron chi connectivity index (χ0n) is 19.7. The number of nitrogens with one attached hydrogen (secondary N) is 1. The van der Waals surface area contributed by atoms with Crippen molar-refractivity contribution in [3.8, 4) is 11.1 Å². The van der Waals surface area contributed by atoms with Crippen LogP contribution < -0.4 is 5.32 Å². The summed E-state index contributed by atoms with van der Waals surface area (Å²) < 4.78 is 5.56. The highest BCUT2D eigenvalue weighted by Crippen LogP contribution is 2.44. The molecule has 0 radical (unpaired) electrons. The number of benzene rings is 2. The van der Waals surface area contributed by atoms with Crippen LogP contribution in [0.25, 0.3) is 11.1 Å². The van der Waals surface area contributed by atoms with Gasteiger partial charge in [-0.2, -0.15) is 0 Å². The summed E-state index contributed by atoms with van der Waals surface area (Å²) in [5, 5.41) is 11.8. The van der Waals surface area contributed by atoms with Crippen molar-refractivity contribution in [1.29, 1.82) is 0 Å². The molecule has 0 spiro atoms. The number of hydrogen-bond acceptors (Lipinski definition) is 4. The molecule has 2 N–H and O–H groups in total. The second-order valence-electron chi connectivity index (χ2n) is 9.45. The molecule has 2 aromatic rings. The minimum atomic E-state index is -0.818. The Labute approximate surface area is 200 Å². The van der Waals surface area contributed by atoms with E-state index in [9.17, 15) is 14.4 Å². The van der Waals surface area contributed by atoms with Crippen LogP contribution in [0.1, 0.15) is 50.2 Å². The normalized spacial score (nSPS) is 19.0. The van der Waals surface area contributed by atoms with Crippen LogP contribution in [0.15, 0.2) is 48.5 Å². The number of carboxylic acids is 1. The van der Waals surface area contributed by atoms with Gasteiger partial charge in [0.1, 0.15) is 12.6 Å². The fraction of sp³-hybridized carbons (Fsp3) is 0.444. The standard InChI is InChI=1S/C27H32N2O5/c1-17(14-25(30)31)19-8-7-13-29(15-19)26(32)18(2)28-27(33)34-16-24-22-11-5-3-9-20(22)21-10-4-6-12-23(21)24/h3-6,9-12,17-19,24H,7-8,13-16H2,1-2H3,(H,28,33)(H,30,31). The third-order valence-corrected chi connectivity index (χ3v) is 7.12. The molecule has 3 atom stereocenters. The van der Waals surface area contributed by atoms with E-state index in [1.54, 1.807) is 11.8 Å². The largest absolute Gasteiger partial charge is 0.481 e. The maximum atomic E-state index is 13.0. The lowest BCUT2D eigenvalue weighted by molar-refractivity contribution is -0.139. The Kier molecular flexibility index (Phi) is 7.20. The molecule has 3 unspecified atom stereocenters. The highest BCUT2D eigenvalue weighted by Gasteiger charge is 2.32. The number of alkyl carbamates (subject to hydrolysis) is 1. The molecule has 0 bridgehead atoms. The number of aliphatic carboxylic acids is 1. The van der Waals surface area contributed by atoms with Crippen molar-refractivity contribution in [2.24, 2.45) is 11.8 Å². The number of piperidine rings is 1. The summed E-state index contributed by atoms with van der Waals surface area (Å²) in [5.74, 6) is -0.876. The molecule has 1 heterocycles. The average Bonchev–Trinajstić information content (AvgIpc) is 3.15. The average molecular weight is 465 g/mol. The number of carbonyl (C=O) groups is 3. The van der Waals surface area contributed by atoms with E-state index in [0.29, 0.717) is 13.1 Å². The Morgan fingerprint density at radius 3 is 2.29 bits per heavy atom. The molecular formula is C27H32N2O5. The third kappa shape index (κ3) is 5.08. The lowest BCUT2D eigenvalue weighted by Crippen LogP contribution is -2.50. The van der Waals surface area contributed by atoms with Gasteiger partial charge in [0.15, 0.2) is 0 Å². The van der Waals surface area contributed by atoms with Crippen molar-refractivity contribution in [2.75, 3.05) is 19.7 Å². The van der Waals surface area contributed by atoms with E-state index in [-0.39, 0.29) is 36.7 Å². The first-order chi connectivity index (χ1) is 16.3. The molecule has 4 rings (SSSR count). The molecular weight excluding hydrogens is 432 g/mol. The number of carbonyl (C=O) groups excluding carboxylic acids is 2. The van der Waals surface area contributed by atoms with Gasteiger partial charge in [-0.05, 0) is 53.9 Å². The van der Waals surface area contributed by atoms with Gasteiger partial charge in [-0.15, -0.1) is 0 Å². The number of carboxylic acid groups (broad SMARTS) is 1. The van der Waals surface area contributed by atoms with Crippen LogP contribution in [0.4, 0.5) is 4.79 Å². The van der Waals surface area contributed by atoms with Crippen molar-refractivity contribution in [3.63, 3.8) is 0 Å². The first-order valence-electron chi connectivity index (χ1n) is 12.0. The zero-order valence-corrected chi connectivity index (χ0v) is 19.7. The molecule has 7 nitrogen and oxygen atoms in total. The molecule has 7 heteroatoms. The van der Waals surface area contributed by atoms with Crippen molar-refractivity contribution in [3.05, 3.63) is 59.7 Å². The smallest absolute Gasteiger partial charge is 0.407 e. The van der Waals surface area contributed by atoms with E-state index in [0.717, 1.165) is 35.1 Å². The highest BCUT2D eigenvalue weighted by molar-refractivity contribution is 5.85. The Balaban J connectivity index is 1.32. The Morgan fingerprint density at radius 1 is 1.06 bits per heavy atom. The number of amides is 2. The number of ether oxygens (including phenoxy) is 1. The second-order valence-corrected chi connectivity index (χ2v) is 9.45. The molecule has 1 aliphatic carbocycles. The molecule has 2 amide bonds. The van der Waals surface area contributed by atoms with Crippen LogP contribution in [0, 0.1) is 11.8 Å². The SMILES string of the molecule is CC(NC(=O)OCC1c2ccccc2-c2ccccc21)C(=O)N1CCCC(C(C)CC(=O)O)C1. The van der Waals surface area contributed by atoms with Gasteiger partial charge in [-0.25, -0.2) is 4.79 Å². The topological polar surface area (TPSA) is 95.9 Å². The van der Waals surface area contributed by atoms with Crippen molar-refractivity contribution in [2.45, 2.75) is 45.1 Å². The van der Waals surface area contributed by atoms with E-state index >= 15 is 0 Å². The summed E-state index contributed by atoms with van der Waals surface area (Å²) in [7, 11) is 0. The quantitative estimate of drug-likeness (QED) is 0.638. The molecule has 1 saturated heterocycles. The van der Waals surface area contributed by atoms with E-state index in [2.05, 4.69) is 29.6 Å².